The number of carbonyl (C=O) groups excluding carboxylic acids is 1. The normalized spacial score (nSPS) is 11.1. The summed E-state index contributed by atoms with van der Waals surface area (Å²) in [5, 5.41) is 5.88. The maximum absolute atomic E-state index is 12.7. The Bertz CT molecular complexity index is 1080. The molecule has 2 aromatic carbocycles. The Kier molecular flexibility index (Phi) is 4.37. The van der Waals surface area contributed by atoms with Gasteiger partial charge in [-0.1, -0.05) is 24.3 Å². The number of hydrogen-bond donors (Lipinski definition) is 1. The second-order valence-electron chi connectivity index (χ2n) is 6.11. The van der Waals surface area contributed by atoms with E-state index in [4.69, 9.17) is 4.74 Å². The van der Waals surface area contributed by atoms with E-state index >= 15 is 0 Å². The first kappa shape index (κ1) is 16.3. The molecule has 2 aromatic heterocycles. The minimum Gasteiger partial charge on any atom is -0.383 e. The second-order valence-corrected chi connectivity index (χ2v) is 6.11. The van der Waals surface area contributed by atoms with Gasteiger partial charge in [-0.3, -0.25) is 9.78 Å². The number of methoxy groups -OCH3 is 1. The SMILES string of the molecule is COCCn1ccc2cc(NC(=O)c3nccc4ccccc34)ccc21. The second kappa shape index (κ2) is 6.98. The van der Waals surface area contributed by atoms with Crippen molar-refractivity contribution in [2.75, 3.05) is 19.0 Å². The zero-order chi connectivity index (χ0) is 17.9. The van der Waals surface area contributed by atoms with Gasteiger partial charge in [-0.2, -0.15) is 0 Å². The van der Waals surface area contributed by atoms with Crippen LogP contribution in [0.2, 0.25) is 0 Å². The highest BCUT2D eigenvalue weighted by molar-refractivity contribution is 6.11. The van der Waals surface area contributed by atoms with E-state index in [-0.39, 0.29) is 5.91 Å². The average Bonchev–Trinajstić information content (AvgIpc) is 3.08. The van der Waals surface area contributed by atoms with E-state index in [2.05, 4.69) is 14.9 Å². The molecule has 4 aromatic rings. The van der Waals surface area contributed by atoms with Crippen molar-refractivity contribution >= 4 is 33.3 Å². The number of pyridine rings is 1. The van der Waals surface area contributed by atoms with Gasteiger partial charge in [0.1, 0.15) is 5.69 Å². The van der Waals surface area contributed by atoms with E-state index in [0.717, 1.165) is 33.9 Å². The molecule has 0 radical (unpaired) electrons. The number of benzene rings is 2. The predicted molar refractivity (Wildman–Crippen MR) is 104 cm³/mol. The van der Waals surface area contributed by atoms with E-state index in [0.29, 0.717) is 12.3 Å². The fourth-order valence-electron chi connectivity index (χ4n) is 3.15. The molecular weight excluding hydrogens is 326 g/mol. The summed E-state index contributed by atoms with van der Waals surface area (Å²) in [4.78, 5) is 17.0. The standard InChI is InChI=1S/C21H19N3O2/c1-26-13-12-24-11-9-16-14-17(6-7-19(16)24)23-21(25)20-18-5-3-2-4-15(18)8-10-22-20/h2-11,14H,12-13H2,1H3,(H,23,25). The highest BCUT2D eigenvalue weighted by atomic mass is 16.5. The van der Waals surface area contributed by atoms with Crippen molar-refractivity contribution in [3.8, 4) is 0 Å². The number of amides is 1. The summed E-state index contributed by atoms with van der Waals surface area (Å²) in [5.74, 6) is -0.208. The summed E-state index contributed by atoms with van der Waals surface area (Å²) in [6.07, 6.45) is 3.69. The third-order valence-electron chi connectivity index (χ3n) is 4.45. The highest BCUT2D eigenvalue weighted by Crippen LogP contribution is 2.22. The van der Waals surface area contributed by atoms with Crippen LogP contribution in [0.5, 0.6) is 0 Å². The fraction of sp³-hybridized carbons (Fsp3) is 0.143. The van der Waals surface area contributed by atoms with Gasteiger partial charge < -0.3 is 14.6 Å². The molecule has 4 rings (SSSR count). The molecule has 2 heterocycles. The summed E-state index contributed by atoms with van der Waals surface area (Å²) in [6, 6.07) is 17.6. The quantitative estimate of drug-likeness (QED) is 0.593. The van der Waals surface area contributed by atoms with Crippen molar-refractivity contribution in [1.29, 1.82) is 0 Å². The van der Waals surface area contributed by atoms with Crippen molar-refractivity contribution in [2.45, 2.75) is 6.54 Å². The van der Waals surface area contributed by atoms with Crippen LogP contribution in [0.4, 0.5) is 5.69 Å². The Morgan fingerprint density at radius 2 is 2.00 bits per heavy atom. The lowest BCUT2D eigenvalue weighted by atomic mass is 10.1. The number of aromatic nitrogens is 2. The number of rotatable bonds is 5. The van der Waals surface area contributed by atoms with Gasteiger partial charge in [0.2, 0.25) is 0 Å². The average molecular weight is 345 g/mol. The largest absolute Gasteiger partial charge is 0.383 e. The van der Waals surface area contributed by atoms with E-state index in [1.807, 2.05) is 60.8 Å². The molecule has 0 aliphatic heterocycles. The minimum absolute atomic E-state index is 0.208. The van der Waals surface area contributed by atoms with Gasteiger partial charge in [0.15, 0.2) is 0 Å². The van der Waals surface area contributed by atoms with Crippen molar-refractivity contribution in [3.05, 3.63) is 72.7 Å². The van der Waals surface area contributed by atoms with Crippen LogP contribution in [0.25, 0.3) is 21.7 Å². The van der Waals surface area contributed by atoms with Crippen molar-refractivity contribution < 1.29 is 9.53 Å². The van der Waals surface area contributed by atoms with Crippen LogP contribution >= 0.6 is 0 Å². The van der Waals surface area contributed by atoms with Crippen LogP contribution in [-0.4, -0.2) is 29.2 Å². The lowest BCUT2D eigenvalue weighted by Gasteiger charge is -2.08. The Labute approximate surface area is 151 Å². The molecule has 0 saturated carbocycles. The van der Waals surface area contributed by atoms with Crippen molar-refractivity contribution in [1.82, 2.24) is 9.55 Å². The first-order valence-electron chi connectivity index (χ1n) is 8.49. The molecule has 1 amide bonds. The summed E-state index contributed by atoms with van der Waals surface area (Å²) >= 11 is 0. The molecule has 0 aliphatic rings. The number of nitrogens with zero attached hydrogens (tertiary/aromatic N) is 2. The van der Waals surface area contributed by atoms with Crippen LogP contribution in [-0.2, 0) is 11.3 Å². The maximum atomic E-state index is 12.7. The smallest absolute Gasteiger partial charge is 0.274 e. The van der Waals surface area contributed by atoms with Gasteiger partial charge in [-0.15, -0.1) is 0 Å². The van der Waals surface area contributed by atoms with Crippen LogP contribution in [0, 0.1) is 0 Å². The molecule has 0 bridgehead atoms. The fourth-order valence-corrected chi connectivity index (χ4v) is 3.15. The minimum atomic E-state index is -0.208. The Morgan fingerprint density at radius 3 is 2.88 bits per heavy atom. The predicted octanol–water partition coefficient (Wildman–Crippen LogP) is 4.09. The lowest BCUT2D eigenvalue weighted by molar-refractivity contribution is 0.102. The molecule has 0 spiro atoms. The number of ether oxygens (including phenoxy) is 1. The highest BCUT2D eigenvalue weighted by Gasteiger charge is 2.12. The topological polar surface area (TPSA) is 56.1 Å². The zero-order valence-electron chi connectivity index (χ0n) is 14.5. The lowest BCUT2D eigenvalue weighted by Crippen LogP contribution is -2.14. The number of fused-ring (bicyclic) bond motifs is 2. The molecule has 1 N–H and O–H groups in total. The van der Waals surface area contributed by atoms with Crippen molar-refractivity contribution in [2.24, 2.45) is 0 Å². The molecule has 26 heavy (non-hydrogen) atoms. The summed E-state index contributed by atoms with van der Waals surface area (Å²) in [6.45, 7) is 1.46. The molecule has 0 fully saturated rings. The van der Waals surface area contributed by atoms with E-state index in [9.17, 15) is 4.79 Å². The Hall–Kier alpha value is -3.18. The van der Waals surface area contributed by atoms with Gasteiger partial charge in [-0.05, 0) is 35.7 Å². The number of carbonyl (C=O) groups is 1. The molecule has 0 unspecified atom stereocenters. The van der Waals surface area contributed by atoms with E-state index in [1.54, 1.807) is 13.3 Å². The van der Waals surface area contributed by atoms with Crippen LogP contribution in [0.3, 0.4) is 0 Å². The Balaban J connectivity index is 1.61. The molecule has 5 nitrogen and oxygen atoms in total. The molecule has 130 valence electrons. The van der Waals surface area contributed by atoms with Gasteiger partial charge in [0, 0.05) is 48.0 Å². The first-order valence-corrected chi connectivity index (χ1v) is 8.49. The van der Waals surface area contributed by atoms with E-state index < -0.39 is 0 Å². The molecular formula is C21H19N3O2. The Morgan fingerprint density at radius 1 is 1.12 bits per heavy atom. The summed E-state index contributed by atoms with van der Waals surface area (Å²) < 4.78 is 7.28. The third kappa shape index (κ3) is 3.05. The van der Waals surface area contributed by atoms with Gasteiger partial charge in [-0.25, -0.2) is 0 Å². The number of hydrogen-bond acceptors (Lipinski definition) is 3. The van der Waals surface area contributed by atoms with Crippen LogP contribution in [0.15, 0.2) is 67.0 Å². The summed E-state index contributed by atoms with van der Waals surface area (Å²) in [7, 11) is 1.70. The van der Waals surface area contributed by atoms with Crippen molar-refractivity contribution in [3.63, 3.8) is 0 Å². The van der Waals surface area contributed by atoms with Gasteiger partial charge in [0.25, 0.3) is 5.91 Å². The number of anilines is 1. The molecule has 0 atom stereocenters. The first-order chi connectivity index (χ1) is 12.8. The van der Waals surface area contributed by atoms with E-state index in [1.165, 1.54) is 0 Å². The number of nitrogens with one attached hydrogen (secondary N) is 1. The zero-order valence-corrected chi connectivity index (χ0v) is 14.5. The summed E-state index contributed by atoms with van der Waals surface area (Å²) in [5.41, 5.74) is 2.30. The monoisotopic (exact) mass is 345 g/mol. The molecule has 0 aliphatic carbocycles. The third-order valence-corrected chi connectivity index (χ3v) is 4.45. The van der Waals surface area contributed by atoms with Gasteiger partial charge >= 0.3 is 0 Å². The maximum Gasteiger partial charge on any atom is 0.274 e. The van der Waals surface area contributed by atoms with Crippen LogP contribution in [0.1, 0.15) is 10.5 Å². The van der Waals surface area contributed by atoms with Crippen LogP contribution < -0.4 is 5.32 Å². The molecule has 5 heteroatoms. The van der Waals surface area contributed by atoms with Gasteiger partial charge in [0.05, 0.1) is 6.61 Å². The molecule has 0 saturated heterocycles.